The van der Waals surface area contributed by atoms with Gasteiger partial charge in [-0.15, -0.1) is 11.3 Å². The lowest BCUT2D eigenvalue weighted by Crippen LogP contribution is -2.23. The topological polar surface area (TPSA) is 80.9 Å². The quantitative estimate of drug-likeness (QED) is 0.847. The Bertz CT molecular complexity index is 781. The third-order valence-corrected chi connectivity index (χ3v) is 6.97. The zero-order chi connectivity index (χ0) is 17.4. The van der Waals surface area contributed by atoms with Crippen molar-refractivity contribution < 1.29 is 4.79 Å². The molecule has 0 radical (unpaired) electrons. The van der Waals surface area contributed by atoms with Crippen LogP contribution in [-0.4, -0.2) is 21.9 Å². The molecule has 1 fully saturated rings. The van der Waals surface area contributed by atoms with Crippen LogP contribution in [0.2, 0.25) is 0 Å². The number of primary amides is 1. The maximum atomic E-state index is 11.5. The highest BCUT2D eigenvalue weighted by atomic mass is 32.1. The predicted molar refractivity (Wildman–Crippen MR) is 102 cm³/mol. The molecule has 2 aliphatic carbocycles. The number of aromatic nitrogens is 2. The summed E-state index contributed by atoms with van der Waals surface area (Å²) in [5, 5.41) is 4.90. The SMILES string of the molecule is CC(C[C@H]1CCc2sc3ncnc(NC4CCCCC4)c3c21)C(N)=O. The Kier molecular flexibility index (Phi) is 4.63. The first-order valence-corrected chi connectivity index (χ1v) is 10.3. The van der Waals surface area contributed by atoms with Crippen LogP contribution < -0.4 is 11.1 Å². The van der Waals surface area contributed by atoms with E-state index in [4.69, 9.17) is 5.73 Å². The van der Waals surface area contributed by atoms with Crippen LogP contribution in [0.25, 0.3) is 10.2 Å². The lowest BCUT2D eigenvalue weighted by Gasteiger charge is -2.24. The minimum absolute atomic E-state index is 0.0923. The molecule has 0 aliphatic heterocycles. The summed E-state index contributed by atoms with van der Waals surface area (Å²) in [5.41, 5.74) is 6.88. The molecule has 3 N–H and O–H groups in total. The molecule has 0 spiro atoms. The molecule has 0 saturated heterocycles. The first-order valence-electron chi connectivity index (χ1n) is 9.45. The molecule has 2 aromatic rings. The second kappa shape index (κ2) is 6.90. The Morgan fingerprint density at radius 2 is 2.12 bits per heavy atom. The van der Waals surface area contributed by atoms with Crippen molar-refractivity contribution in [1.29, 1.82) is 0 Å². The molecule has 2 heterocycles. The fraction of sp³-hybridized carbons (Fsp3) is 0.632. The van der Waals surface area contributed by atoms with E-state index < -0.39 is 0 Å². The number of nitrogens with two attached hydrogens (primary N) is 1. The van der Waals surface area contributed by atoms with Gasteiger partial charge in [0.15, 0.2) is 0 Å². The first kappa shape index (κ1) is 16.8. The minimum Gasteiger partial charge on any atom is -0.369 e. The van der Waals surface area contributed by atoms with Crippen LogP contribution in [0.3, 0.4) is 0 Å². The average molecular weight is 359 g/mol. The molecule has 1 saturated carbocycles. The van der Waals surface area contributed by atoms with E-state index in [-0.39, 0.29) is 11.8 Å². The molecule has 2 atom stereocenters. The molecule has 0 aromatic carbocycles. The summed E-state index contributed by atoms with van der Waals surface area (Å²) in [7, 11) is 0. The number of thiophene rings is 1. The normalized spacial score (nSPS) is 22.0. The summed E-state index contributed by atoms with van der Waals surface area (Å²) in [5.74, 6) is 1.09. The van der Waals surface area contributed by atoms with Crippen molar-refractivity contribution in [2.24, 2.45) is 11.7 Å². The number of nitrogens with one attached hydrogen (secondary N) is 1. The third-order valence-electron chi connectivity index (χ3n) is 5.80. The summed E-state index contributed by atoms with van der Waals surface area (Å²) in [6.45, 7) is 1.94. The Morgan fingerprint density at radius 1 is 1.32 bits per heavy atom. The van der Waals surface area contributed by atoms with Gasteiger partial charge in [0.25, 0.3) is 0 Å². The summed E-state index contributed by atoms with van der Waals surface area (Å²) >= 11 is 1.79. The van der Waals surface area contributed by atoms with E-state index in [1.165, 1.54) is 47.9 Å². The van der Waals surface area contributed by atoms with Crippen molar-refractivity contribution >= 4 is 33.3 Å². The van der Waals surface area contributed by atoms with Crippen molar-refractivity contribution in [1.82, 2.24) is 9.97 Å². The Morgan fingerprint density at radius 3 is 2.88 bits per heavy atom. The van der Waals surface area contributed by atoms with Gasteiger partial charge in [-0.2, -0.15) is 0 Å². The monoisotopic (exact) mass is 358 g/mol. The predicted octanol–water partition coefficient (Wildman–Crippen LogP) is 3.98. The number of fused-ring (bicyclic) bond motifs is 3. The number of carbonyl (C=O) groups excluding carboxylic acids is 1. The second-order valence-electron chi connectivity index (χ2n) is 7.60. The number of amides is 1. The molecule has 6 heteroatoms. The second-order valence-corrected chi connectivity index (χ2v) is 8.68. The minimum atomic E-state index is -0.204. The van der Waals surface area contributed by atoms with Gasteiger partial charge in [-0.05, 0) is 43.6 Å². The number of anilines is 1. The molecular weight excluding hydrogens is 332 g/mol. The molecule has 2 aliphatic rings. The van der Waals surface area contributed by atoms with E-state index in [9.17, 15) is 4.79 Å². The van der Waals surface area contributed by atoms with E-state index in [2.05, 4.69) is 15.3 Å². The molecule has 5 nitrogen and oxygen atoms in total. The van der Waals surface area contributed by atoms with Crippen molar-refractivity contribution in [2.45, 2.75) is 70.3 Å². The molecule has 0 bridgehead atoms. The number of carbonyl (C=O) groups is 1. The van der Waals surface area contributed by atoms with Gasteiger partial charge in [0.2, 0.25) is 5.91 Å². The summed E-state index contributed by atoms with van der Waals surface area (Å²) in [4.78, 5) is 23.1. The largest absolute Gasteiger partial charge is 0.369 e. The fourth-order valence-corrected chi connectivity index (χ4v) is 5.64. The van der Waals surface area contributed by atoms with E-state index in [0.717, 1.165) is 29.9 Å². The van der Waals surface area contributed by atoms with Crippen LogP contribution in [-0.2, 0) is 11.2 Å². The van der Waals surface area contributed by atoms with E-state index in [1.807, 2.05) is 6.92 Å². The van der Waals surface area contributed by atoms with Gasteiger partial charge in [0.1, 0.15) is 17.0 Å². The van der Waals surface area contributed by atoms with Gasteiger partial charge in [0.05, 0.1) is 5.39 Å². The summed E-state index contributed by atoms with van der Waals surface area (Å²) in [6, 6.07) is 0.520. The van der Waals surface area contributed by atoms with Gasteiger partial charge < -0.3 is 11.1 Å². The van der Waals surface area contributed by atoms with Crippen LogP contribution in [0.1, 0.15) is 68.2 Å². The lowest BCUT2D eigenvalue weighted by atomic mass is 9.90. The molecular formula is C19H26N4OS. The third kappa shape index (κ3) is 3.24. The van der Waals surface area contributed by atoms with Crippen LogP contribution in [0.15, 0.2) is 6.33 Å². The zero-order valence-electron chi connectivity index (χ0n) is 14.8. The van der Waals surface area contributed by atoms with Crippen LogP contribution in [0, 0.1) is 5.92 Å². The lowest BCUT2D eigenvalue weighted by molar-refractivity contribution is -0.121. The number of nitrogens with zero attached hydrogens (tertiary/aromatic N) is 2. The highest BCUT2D eigenvalue weighted by Gasteiger charge is 2.31. The Hall–Kier alpha value is -1.69. The number of aryl methyl sites for hydroxylation is 1. The number of hydrogen-bond donors (Lipinski definition) is 2. The smallest absolute Gasteiger partial charge is 0.220 e. The fourth-order valence-electron chi connectivity index (χ4n) is 4.40. The van der Waals surface area contributed by atoms with Gasteiger partial charge in [-0.3, -0.25) is 4.79 Å². The molecule has 1 unspecified atom stereocenters. The van der Waals surface area contributed by atoms with Gasteiger partial charge in [-0.25, -0.2) is 9.97 Å². The zero-order valence-corrected chi connectivity index (χ0v) is 15.6. The molecule has 1 amide bonds. The highest BCUT2D eigenvalue weighted by molar-refractivity contribution is 7.19. The van der Waals surface area contributed by atoms with Crippen LogP contribution in [0.4, 0.5) is 5.82 Å². The summed E-state index contributed by atoms with van der Waals surface area (Å²) in [6.07, 6.45) is 11.1. The maximum Gasteiger partial charge on any atom is 0.220 e. The van der Waals surface area contributed by atoms with Crippen molar-refractivity contribution in [3.8, 4) is 0 Å². The van der Waals surface area contributed by atoms with Crippen molar-refractivity contribution in [2.75, 3.05) is 5.32 Å². The number of hydrogen-bond acceptors (Lipinski definition) is 5. The molecule has 2 aromatic heterocycles. The Balaban J connectivity index is 1.67. The number of rotatable bonds is 5. The summed E-state index contributed by atoms with van der Waals surface area (Å²) < 4.78 is 0. The van der Waals surface area contributed by atoms with E-state index >= 15 is 0 Å². The molecule has 134 valence electrons. The maximum absolute atomic E-state index is 11.5. The van der Waals surface area contributed by atoms with E-state index in [1.54, 1.807) is 17.7 Å². The highest BCUT2D eigenvalue weighted by Crippen LogP contribution is 2.47. The van der Waals surface area contributed by atoms with Crippen molar-refractivity contribution in [3.05, 3.63) is 16.8 Å². The van der Waals surface area contributed by atoms with Gasteiger partial charge in [0, 0.05) is 16.8 Å². The molecule has 25 heavy (non-hydrogen) atoms. The van der Waals surface area contributed by atoms with Crippen molar-refractivity contribution in [3.63, 3.8) is 0 Å². The van der Waals surface area contributed by atoms with Crippen LogP contribution >= 0.6 is 11.3 Å². The standard InChI is InChI=1S/C19H26N4OS/c1-11(17(20)24)9-12-7-8-14-15(12)16-18(21-10-22-19(16)25-14)23-13-5-3-2-4-6-13/h10-13H,2-9H2,1H3,(H2,20,24)(H,21,22,23)/t11?,12-/m1/s1. The average Bonchev–Trinajstić information content (AvgIpc) is 3.16. The molecule has 4 rings (SSSR count). The van der Waals surface area contributed by atoms with Crippen LogP contribution in [0.5, 0.6) is 0 Å². The Labute approximate surface area is 152 Å². The van der Waals surface area contributed by atoms with Gasteiger partial charge in [-0.1, -0.05) is 26.2 Å². The first-order chi connectivity index (χ1) is 12.1. The van der Waals surface area contributed by atoms with Gasteiger partial charge >= 0.3 is 0 Å². The van der Waals surface area contributed by atoms with E-state index in [0.29, 0.717) is 12.0 Å².